The molecule has 2 rings (SSSR count). The predicted molar refractivity (Wildman–Crippen MR) is 73.1 cm³/mol. The van der Waals surface area contributed by atoms with E-state index in [1.165, 1.54) is 0 Å². The van der Waals surface area contributed by atoms with E-state index in [1.54, 1.807) is 0 Å². The molecule has 1 fully saturated rings. The Bertz CT molecular complexity index is 538. The molecule has 1 aromatic carbocycles. The van der Waals surface area contributed by atoms with Gasteiger partial charge in [-0.3, -0.25) is 4.79 Å². The van der Waals surface area contributed by atoms with Crippen molar-refractivity contribution in [2.45, 2.75) is 31.3 Å². The average Bonchev–Trinajstić information content (AvgIpc) is 3.11. The van der Waals surface area contributed by atoms with E-state index >= 15 is 0 Å². The molecule has 0 aliphatic heterocycles. The Hall–Kier alpha value is -1.40. The maximum atomic E-state index is 12.0. The van der Waals surface area contributed by atoms with Crippen LogP contribution in [0.5, 0.6) is 0 Å². The van der Waals surface area contributed by atoms with Crippen LogP contribution in [0.15, 0.2) is 30.3 Å². The summed E-state index contributed by atoms with van der Waals surface area (Å²) in [6.07, 6.45) is 3.37. The summed E-state index contributed by atoms with van der Waals surface area (Å²) in [6, 6.07) is 8.83. The van der Waals surface area contributed by atoms with Crippen LogP contribution in [0.2, 0.25) is 0 Å². The summed E-state index contributed by atoms with van der Waals surface area (Å²) in [5.41, 5.74) is 0.926. The molecule has 1 amide bonds. The van der Waals surface area contributed by atoms with E-state index in [9.17, 15) is 13.2 Å². The lowest BCUT2D eigenvalue weighted by atomic mass is 10.1. The molecule has 19 heavy (non-hydrogen) atoms. The molecule has 0 bridgehead atoms. The Morgan fingerprint density at radius 2 is 1.95 bits per heavy atom. The van der Waals surface area contributed by atoms with Gasteiger partial charge in [0, 0.05) is 6.04 Å². The Kier molecular flexibility index (Phi) is 4.21. The molecular formula is C13H18N2O3S. The molecule has 6 heteroatoms. The van der Waals surface area contributed by atoms with Gasteiger partial charge in [0.25, 0.3) is 0 Å². The molecule has 0 heterocycles. The molecule has 1 aliphatic rings. The number of hydrogen-bond acceptors (Lipinski definition) is 3. The van der Waals surface area contributed by atoms with Crippen molar-refractivity contribution in [3.05, 3.63) is 35.9 Å². The van der Waals surface area contributed by atoms with E-state index < -0.39 is 16.1 Å². The zero-order valence-corrected chi connectivity index (χ0v) is 11.6. The molecular weight excluding hydrogens is 264 g/mol. The topological polar surface area (TPSA) is 75.3 Å². The number of carbonyl (C=O) groups is 1. The molecule has 1 aromatic rings. The predicted octanol–water partition coefficient (Wildman–Crippen LogP) is 0.425. The molecule has 1 atom stereocenters. The van der Waals surface area contributed by atoms with Crippen LogP contribution < -0.4 is 10.0 Å². The zero-order valence-electron chi connectivity index (χ0n) is 10.8. The highest BCUT2D eigenvalue weighted by atomic mass is 32.2. The lowest BCUT2D eigenvalue weighted by Gasteiger charge is -2.17. The van der Waals surface area contributed by atoms with Gasteiger partial charge in [0.05, 0.1) is 6.26 Å². The van der Waals surface area contributed by atoms with Crippen LogP contribution in [0.3, 0.4) is 0 Å². The van der Waals surface area contributed by atoms with Gasteiger partial charge in [0.1, 0.15) is 6.04 Å². The molecule has 0 radical (unpaired) electrons. The maximum Gasteiger partial charge on any atom is 0.238 e. The van der Waals surface area contributed by atoms with Crippen LogP contribution in [-0.2, 0) is 21.2 Å². The van der Waals surface area contributed by atoms with E-state index in [-0.39, 0.29) is 11.9 Å². The van der Waals surface area contributed by atoms with Crippen molar-refractivity contribution < 1.29 is 13.2 Å². The minimum atomic E-state index is -3.41. The third kappa shape index (κ3) is 5.00. The number of carbonyl (C=O) groups excluding carboxylic acids is 1. The first kappa shape index (κ1) is 14.0. The summed E-state index contributed by atoms with van der Waals surface area (Å²) in [5, 5.41) is 2.83. The highest BCUT2D eigenvalue weighted by molar-refractivity contribution is 7.88. The van der Waals surface area contributed by atoms with Gasteiger partial charge in [0.15, 0.2) is 0 Å². The Labute approximate surface area is 113 Å². The normalized spacial score (nSPS) is 16.9. The van der Waals surface area contributed by atoms with Gasteiger partial charge < -0.3 is 5.32 Å². The van der Waals surface area contributed by atoms with Gasteiger partial charge >= 0.3 is 0 Å². The molecule has 2 N–H and O–H groups in total. The third-order valence-electron chi connectivity index (χ3n) is 2.88. The van der Waals surface area contributed by atoms with Crippen molar-refractivity contribution in [3.63, 3.8) is 0 Å². The first-order valence-corrected chi connectivity index (χ1v) is 8.15. The minimum absolute atomic E-state index is 0.215. The third-order valence-corrected chi connectivity index (χ3v) is 3.59. The second-order valence-electron chi connectivity index (χ2n) is 4.92. The SMILES string of the molecule is CS(=O)(=O)N[C@@H](Cc1ccccc1)C(=O)NC1CC1. The van der Waals surface area contributed by atoms with Crippen LogP contribution in [-0.4, -0.2) is 32.7 Å². The standard InChI is InChI=1S/C13H18N2O3S/c1-19(17,18)15-12(13(16)14-11-7-8-11)9-10-5-3-2-4-6-10/h2-6,11-12,15H,7-9H2,1H3,(H,14,16)/t12-/m0/s1. The van der Waals surface area contributed by atoms with E-state index in [4.69, 9.17) is 0 Å². The van der Waals surface area contributed by atoms with Crippen LogP contribution in [0.25, 0.3) is 0 Å². The second-order valence-corrected chi connectivity index (χ2v) is 6.70. The molecule has 1 saturated carbocycles. The van der Waals surface area contributed by atoms with Crippen LogP contribution in [0.4, 0.5) is 0 Å². The fraction of sp³-hybridized carbons (Fsp3) is 0.462. The highest BCUT2D eigenvalue weighted by Gasteiger charge is 2.29. The summed E-state index contributed by atoms with van der Waals surface area (Å²) in [6.45, 7) is 0. The molecule has 0 aromatic heterocycles. The monoisotopic (exact) mass is 282 g/mol. The fourth-order valence-corrected chi connectivity index (χ4v) is 2.53. The fourth-order valence-electron chi connectivity index (χ4n) is 1.83. The molecule has 104 valence electrons. The van der Waals surface area contributed by atoms with E-state index in [2.05, 4.69) is 10.0 Å². The Balaban J connectivity index is 2.06. The van der Waals surface area contributed by atoms with Gasteiger partial charge in [0.2, 0.25) is 15.9 Å². The van der Waals surface area contributed by atoms with Crippen molar-refractivity contribution in [2.75, 3.05) is 6.26 Å². The van der Waals surface area contributed by atoms with Crippen molar-refractivity contribution in [1.29, 1.82) is 0 Å². The summed E-state index contributed by atoms with van der Waals surface area (Å²) in [5.74, 6) is -0.253. The Morgan fingerprint density at radius 3 is 2.47 bits per heavy atom. The highest BCUT2D eigenvalue weighted by Crippen LogP contribution is 2.19. The van der Waals surface area contributed by atoms with E-state index in [0.29, 0.717) is 6.42 Å². The molecule has 0 saturated heterocycles. The minimum Gasteiger partial charge on any atom is -0.352 e. The number of nitrogens with one attached hydrogen (secondary N) is 2. The summed E-state index contributed by atoms with van der Waals surface area (Å²) in [7, 11) is -3.41. The lowest BCUT2D eigenvalue weighted by Crippen LogP contribution is -2.48. The first-order valence-electron chi connectivity index (χ1n) is 6.25. The number of benzene rings is 1. The van der Waals surface area contributed by atoms with Crippen LogP contribution >= 0.6 is 0 Å². The lowest BCUT2D eigenvalue weighted by molar-refractivity contribution is -0.122. The average molecular weight is 282 g/mol. The number of hydrogen-bond donors (Lipinski definition) is 2. The molecule has 0 unspecified atom stereocenters. The number of rotatable bonds is 6. The van der Waals surface area contributed by atoms with Crippen molar-refractivity contribution in [3.8, 4) is 0 Å². The van der Waals surface area contributed by atoms with Crippen molar-refractivity contribution in [1.82, 2.24) is 10.0 Å². The van der Waals surface area contributed by atoms with Crippen LogP contribution in [0.1, 0.15) is 18.4 Å². The van der Waals surface area contributed by atoms with Gasteiger partial charge in [-0.1, -0.05) is 30.3 Å². The van der Waals surface area contributed by atoms with Gasteiger partial charge in [-0.15, -0.1) is 0 Å². The molecule has 0 spiro atoms. The summed E-state index contributed by atoms with van der Waals surface area (Å²) >= 11 is 0. The number of sulfonamides is 1. The van der Waals surface area contributed by atoms with Crippen molar-refractivity contribution in [2.24, 2.45) is 0 Å². The van der Waals surface area contributed by atoms with Crippen molar-refractivity contribution >= 4 is 15.9 Å². The largest absolute Gasteiger partial charge is 0.352 e. The summed E-state index contributed by atoms with van der Waals surface area (Å²) in [4.78, 5) is 12.0. The molecule has 5 nitrogen and oxygen atoms in total. The van der Waals surface area contributed by atoms with Gasteiger partial charge in [-0.2, -0.15) is 0 Å². The van der Waals surface area contributed by atoms with Gasteiger partial charge in [-0.25, -0.2) is 13.1 Å². The van der Waals surface area contributed by atoms with Gasteiger partial charge in [-0.05, 0) is 24.8 Å². The Morgan fingerprint density at radius 1 is 1.32 bits per heavy atom. The maximum absolute atomic E-state index is 12.0. The smallest absolute Gasteiger partial charge is 0.238 e. The zero-order chi connectivity index (χ0) is 13.9. The molecule has 1 aliphatic carbocycles. The quantitative estimate of drug-likeness (QED) is 0.794. The number of amides is 1. The van der Waals surface area contributed by atoms with E-state index in [1.807, 2.05) is 30.3 Å². The first-order chi connectivity index (χ1) is 8.94. The van der Waals surface area contributed by atoms with E-state index in [0.717, 1.165) is 24.7 Å². The second kappa shape index (κ2) is 5.71. The summed E-state index contributed by atoms with van der Waals surface area (Å²) < 4.78 is 25.1. The van der Waals surface area contributed by atoms with Crippen LogP contribution in [0, 0.1) is 0 Å².